The van der Waals surface area contributed by atoms with Crippen LogP contribution >= 0.6 is 0 Å². The average Bonchev–Trinajstić information content (AvgIpc) is 2.87. The first-order chi connectivity index (χ1) is 9.58. The molecular formula is C14H24N2O4. The smallest absolute Gasteiger partial charge is 0.311 e. The first-order valence-electron chi connectivity index (χ1n) is 7.38. The number of carboxylic acid groups (broad SMARTS) is 1. The average molecular weight is 284 g/mol. The first-order valence-corrected chi connectivity index (χ1v) is 7.38. The third kappa shape index (κ3) is 3.93. The van der Waals surface area contributed by atoms with Crippen LogP contribution in [0.15, 0.2) is 0 Å². The normalized spacial score (nSPS) is 31.8. The number of nitrogens with one attached hydrogen (secondary N) is 2. The van der Waals surface area contributed by atoms with Crippen LogP contribution in [-0.2, 0) is 14.3 Å². The molecule has 114 valence electrons. The zero-order valence-corrected chi connectivity index (χ0v) is 11.9. The monoisotopic (exact) mass is 284 g/mol. The van der Waals surface area contributed by atoms with E-state index in [1.165, 1.54) is 0 Å². The van der Waals surface area contributed by atoms with Gasteiger partial charge >= 0.3 is 5.97 Å². The number of rotatable bonds is 5. The summed E-state index contributed by atoms with van der Waals surface area (Å²) in [5.41, 5.74) is 0. The van der Waals surface area contributed by atoms with Gasteiger partial charge in [0.1, 0.15) is 5.92 Å². The van der Waals surface area contributed by atoms with Crippen LogP contribution in [0.5, 0.6) is 0 Å². The Morgan fingerprint density at radius 2 is 2.25 bits per heavy atom. The van der Waals surface area contributed by atoms with Gasteiger partial charge in [-0.3, -0.25) is 9.59 Å². The number of piperidine rings is 1. The number of hydrogen-bond donors (Lipinski definition) is 3. The van der Waals surface area contributed by atoms with Crippen molar-refractivity contribution in [3.05, 3.63) is 0 Å². The number of carbonyl (C=O) groups is 2. The van der Waals surface area contributed by atoms with E-state index in [4.69, 9.17) is 9.84 Å². The Morgan fingerprint density at radius 1 is 1.45 bits per heavy atom. The number of carboxylic acids is 1. The van der Waals surface area contributed by atoms with Crippen LogP contribution in [0.3, 0.4) is 0 Å². The zero-order chi connectivity index (χ0) is 14.5. The molecule has 0 spiro atoms. The Kier molecular flexibility index (Phi) is 5.37. The second kappa shape index (κ2) is 7.04. The summed E-state index contributed by atoms with van der Waals surface area (Å²) in [5, 5.41) is 15.2. The van der Waals surface area contributed by atoms with E-state index in [0.29, 0.717) is 24.9 Å². The summed E-state index contributed by atoms with van der Waals surface area (Å²) in [5.74, 6) is -0.745. The standard InChI is InChI=1S/C14H24N2O4/c1-9(10-3-2-4-15-6-10)5-13(17)16-12-8-20-7-11(12)14(18)19/h9-12,15H,2-8H2,1H3,(H,16,17)(H,18,19). The summed E-state index contributed by atoms with van der Waals surface area (Å²) in [6.07, 6.45) is 2.77. The van der Waals surface area contributed by atoms with Crippen molar-refractivity contribution in [2.45, 2.75) is 32.2 Å². The van der Waals surface area contributed by atoms with Gasteiger partial charge in [0.25, 0.3) is 0 Å². The first kappa shape index (κ1) is 15.3. The molecule has 4 unspecified atom stereocenters. The number of amides is 1. The van der Waals surface area contributed by atoms with Crippen molar-refractivity contribution in [1.82, 2.24) is 10.6 Å². The molecule has 6 heteroatoms. The quantitative estimate of drug-likeness (QED) is 0.672. The second-order valence-corrected chi connectivity index (χ2v) is 5.94. The minimum absolute atomic E-state index is 0.0650. The predicted octanol–water partition coefficient (Wildman–Crippen LogP) is 0.228. The molecule has 2 heterocycles. The molecule has 2 fully saturated rings. The Labute approximate surface area is 119 Å². The van der Waals surface area contributed by atoms with Gasteiger partial charge in [0, 0.05) is 6.42 Å². The van der Waals surface area contributed by atoms with E-state index >= 15 is 0 Å². The minimum atomic E-state index is -0.905. The van der Waals surface area contributed by atoms with Crippen LogP contribution < -0.4 is 10.6 Å². The van der Waals surface area contributed by atoms with E-state index in [1.54, 1.807) is 0 Å². The molecule has 0 saturated carbocycles. The molecule has 0 radical (unpaired) electrons. The van der Waals surface area contributed by atoms with Gasteiger partial charge in [-0.2, -0.15) is 0 Å². The summed E-state index contributed by atoms with van der Waals surface area (Å²) in [4.78, 5) is 23.1. The fourth-order valence-electron chi connectivity index (χ4n) is 3.03. The maximum absolute atomic E-state index is 12.0. The van der Waals surface area contributed by atoms with Gasteiger partial charge in [-0.1, -0.05) is 6.92 Å². The van der Waals surface area contributed by atoms with E-state index in [2.05, 4.69) is 17.6 Å². The van der Waals surface area contributed by atoms with Gasteiger partial charge in [-0.15, -0.1) is 0 Å². The van der Waals surface area contributed by atoms with Crippen molar-refractivity contribution in [1.29, 1.82) is 0 Å². The van der Waals surface area contributed by atoms with E-state index in [9.17, 15) is 9.59 Å². The van der Waals surface area contributed by atoms with Crippen LogP contribution in [0.2, 0.25) is 0 Å². The third-order valence-electron chi connectivity index (χ3n) is 4.39. The van der Waals surface area contributed by atoms with Gasteiger partial charge in [-0.25, -0.2) is 0 Å². The lowest BCUT2D eigenvalue weighted by Crippen LogP contribution is -2.44. The number of ether oxygens (including phenoxy) is 1. The molecule has 0 aliphatic carbocycles. The summed E-state index contributed by atoms with van der Waals surface area (Å²) < 4.78 is 5.15. The van der Waals surface area contributed by atoms with Crippen molar-refractivity contribution >= 4 is 11.9 Å². The van der Waals surface area contributed by atoms with Crippen molar-refractivity contribution in [2.24, 2.45) is 17.8 Å². The minimum Gasteiger partial charge on any atom is -0.481 e. The molecule has 0 aromatic heterocycles. The SMILES string of the molecule is CC(CC(=O)NC1COCC1C(=O)O)C1CCCNC1. The molecule has 2 aliphatic heterocycles. The Bertz CT molecular complexity index is 355. The molecule has 3 N–H and O–H groups in total. The molecule has 20 heavy (non-hydrogen) atoms. The Hall–Kier alpha value is -1.14. The molecule has 0 bridgehead atoms. The lowest BCUT2D eigenvalue weighted by molar-refractivity contribution is -0.142. The van der Waals surface area contributed by atoms with Crippen LogP contribution in [0.4, 0.5) is 0 Å². The Balaban J connectivity index is 1.78. The van der Waals surface area contributed by atoms with Gasteiger partial charge in [0.15, 0.2) is 0 Å². The molecule has 2 rings (SSSR count). The zero-order valence-electron chi connectivity index (χ0n) is 11.9. The summed E-state index contributed by atoms with van der Waals surface area (Å²) >= 11 is 0. The van der Waals surface area contributed by atoms with E-state index < -0.39 is 17.9 Å². The van der Waals surface area contributed by atoms with Crippen molar-refractivity contribution in [3.8, 4) is 0 Å². The molecule has 0 aromatic carbocycles. The van der Waals surface area contributed by atoms with Crippen LogP contribution in [0.25, 0.3) is 0 Å². The number of aliphatic carboxylic acids is 1. The summed E-state index contributed by atoms with van der Waals surface area (Å²) in [7, 11) is 0. The van der Waals surface area contributed by atoms with Crippen LogP contribution in [0.1, 0.15) is 26.2 Å². The summed E-state index contributed by atoms with van der Waals surface area (Å²) in [6, 6.07) is -0.392. The molecule has 2 aliphatic rings. The highest BCUT2D eigenvalue weighted by Crippen LogP contribution is 2.23. The molecule has 6 nitrogen and oxygen atoms in total. The van der Waals surface area contributed by atoms with Crippen molar-refractivity contribution in [2.75, 3.05) is 26.3 Å². The molecular weight excluding hydrogens is 260 g/mol. The highest BCUT2D eigenvalue weighted by atomic mass is 16.5. The topological polar surface area (TPSA) is 87.7 Å². The van der Waals surface area contributed by atoms with E-state index in [0.717, 1.165) is 25.9 Å². The fourth-order valence-corrected chi connectivity index (χ4v) is 3.03. The summed E-state index contributed by atoms with van der Waals surface area (Å²) in [6.45, 7) is 4.61. The van der Waals surface area contributed by atoms with Crippen molar-refractivity contribution < 1.29 is 19.4 Å². The Morgan fingerprint density at radius 3 is 2.90 bits per heavy atom. The van der Waals surface area contributed by atoms with Crippen LogP contribution in [-0.4, -0.2) is 49.3 Å². The molecule has 4 atom stereocenters. The predicted molar refractivity (Wildman–Crippen MR) is 73.3 cm³/mol. The molecule has 1 amide bonds. The lowest BCUT2D eigenvalue weighted by Gasteiger charge is -2.28. The number of carbonyl (C=O) groups excluding carboxylic acids is 1. The maximum Gasteiger partial charge on any atom is 0.311 e. The second-order valence-electron chi connectivity index (χ2n) is 5.94. The largest absolute Gasteiger partial charge is 0.481 e. The van der Waals surface area contributed by atoms with Gasteiger partial charge in [0.2, 0.25) is 5.91 Å². The lowest BCUT2D eigenvalue weighted by atomic mass is 9.85. The fraction of sp³-hybridized carbons (Fsp3) is 0.857. The number of hydrogen-bond acceptors (Lipinski definition) is 4. The maximum atomic E-state index is 12.0. The third-order valence-corrected chi connectivity index (χ3v) is 4.39. The van der Waals surface area contributed by atoms with Gasteiger partial charge < -0.3 is 20.5 Å². The molecule has 2 saturated heterocycles. The highest BCUT2D eigenvalue weighted by molar-refractivity contribution is 5.78. The van der Waals surface area contributed by atoms with Gasteiger partial charge in [0.05, 0.1) is 19.3 Å². The van der Waals surface area contributed by atoms with Gasteiger partial charge in [-0.05, 0) is 37.8 Å². The van der Waals surface area contributed by atoms with E-state index in [1.807, 2.05) is 0 Å². The highest BCUT2D eigenvalue weighted by Gasteiger charge is 2.35. The molecule has 0 aromatic rings. The van der Waals surface area contributed by atoms with Crippen LogP contribution in [0, 0.1) is 17.8 Å². The van der Waals surface area contributed by atoms with E-state index in [-0.39, 0.29) is 12.5 Å². The van der Waals surface area contributed by atoms with Crippen molar-refractivity contribution in [3.63, 3.8) is 0 Å².